The molecule has 0 unspecified atom stereocenters. The van der Waals surface area contributed by atoms with Crippen molar-refractivity contribution in [1.29, 1.82) is 0 Å². The van der Waals surface area contributed by atoms with Crippen LogP contribution in [0.2, 0.25) is 0 Å². The van der Waals surface area contributed by atoms with Crippen molar-refractivity contribution < 1.29 is 19.1 Å². The summed E-state index contributed by atoms with van der Waals surface area (Å²) in [4.78, 5) is 27.4. The molecule has 1 aliphatic heterocycles. The minimum atomic E-state index is -1.74. The molecule has 0 saturated carbocycles. The van der Waals surface area contributed by atoms with Gasteiger partial charge in [-0.1, -0.05) is 97.9 Å². The molecule has 29 heavy (non-hydrogen) atoms. The lowest BCUT2D eigenvalue weighted by atomic mass is 9.80. The number of hydrogen-bond acceptors (Lipinski definition) is 4. The minimum Gasteiger partial charge on any atom is -0.341 e. The van der Waals surface area contributed by atoms with Gasteiger partial charge in [0.15, 0.2) is 6.29 Å². The smallest absolute Gasteiger partial charge is 0.222 e. The molecule has 0 aliphatic carbocycles. The van der Waals surface area contributed by atoms with Crippen LogP contribution in [-0.4, -0.2) is 23.3 Å². The van der Waals surface area contributed by atoms with Gasteiger partial charge in [-0.15, -0.1) is 0 Å². The first-order valence-corrected chi connectivity index (χ1v) is 9.74. The Morgan fingerprint density at radius 1 is 0.759 bits per heavy atom. The summed E-state index contributed by atoms with van der Waals surface area (Å²) in [6.45, 7) is 1.90. The average molecular weight is 386 g/mol. The minimum absolute atomic E-state index is 0.378. The van der Waals surface area contributed by atoms with E-state index in [0.717, 1.165) is 5.56 Å². The van der Waals surface area contributed by atoms with Crippen molar-refractivity contribution in [2.24, 2.45) is 0 Å². The number of ketones is 2. The normalized spacial score (nSPS) is 20.3. The van der Waals surface area contributed by atoms with Gasteiger partial charge in [-0.05, 0) is 6.42 Å². The Labute approximate surface area is 170 Å². The SMILES string of the molecule is CC[C@H]1O[C@@H](c2ccccc2)OC1(C(=O)c1ccccc1)C(=O)c1ccccc1. The van der Waals surface area contributed by atoms with Crippen molar-refractivity contribution in [1.82, 2.24) is 0 Å². The lowest BCUT2D eigenvalue weighted by molar-refractivity contribution is -0.0767. The molecule has 4 rings (SSSR count). The zero-order valence-electron chi connectivity index (χ0n) is 16.2. The summed E-state index contributed by atoms with van der Waals surface area (Å²) in [6, 6.07) is 27.0. The zero-order chi connectivity index (χ0) is 20.3. The van der Waals surface area contributed by atoms with Crippen molar-refractivity contribution in [3.63, 3.8) is 0 Å². The Bertz CT molecular complexity index is 932. The number of ether oxygens (including phenoxy) is 2. The molecule has 1 heterocycles. The van der Waals surface area contributed by atoms with Gasteiger partial charge in [-0.2, -0.15) is 0 Å². The Balaban J connectivity index is 1.83. The van der Waals surface area contributed by atoms with Gasteiger partial charge in [0.2, 0.25) is 17.2 Å². The first-order valence-electron chi connectivity index (χ1n) is 9.74. The van der Waals surface area contributed by atoms with Gasteiger partial charge in [0.25, 0.3) is 0 Å². The summed E-state index contributed by atoms with van der Waals surface area (Å²) in [6.07, 6.45) is -1.03. The average Bonchev–Trinajstić information content (AvgIpc) is 3.20. The highest BCUT2D eigenvalue weighted by atomic mass is 16.7. The molecule has 1 aliphatic rings. The summed E-state index contributed by atoms with van der Waals surface area (Å²) in [7, 11) is 0. The second-order valence-corrected chi connectivity index (χ2v) is 7.02. The second kappa shape index (κ2) is 8.11. The number of benzene rings is 3. The van der Waals surface area contributed by atoms with Crippen molar-refractivity contribution in [2.45, 2.75) is 31.3 Å². The molecular formula is C25H22O4. The van der Waals surface area contributed by atoms with E-state index in [4.69, 9.17) is 9.47 Å². The standard InChI is InChI=1S/C25H22O4/c1-2-21-25(22(26)18-12-6-3-7-13-18,23(27)19-14-8-4-9-15-19)29-24(28-21)20-16-10-5-11-17-20/h3-17,21,24H,2H2,1H3/t21-,24-/m1/s1. The second-order valence-electron chi connectivity index (χ2n) is 7.02. The Morgan fingerprint density at radius 3 is 1.66 bits per heavy atom. The third kappa shape index (κ3) is 3.41. The quantitative estimate of drug-likeness (QED) is 0.441. The predicted molar refractivity (Wildman–Crippen MR) is 110 cm³/mol. The fourth-order valence-electron chi connectivity index (χ4n) is 3.77. The molecule has 0 radical (unpaired) electrons. The molecule has 4 heteroatoms. The van der Waals surface area contributed by atoms with Gasteiger partial charge in [-0.3, -0.25) is 9.59 Å². The largest absolute Gasteiger partial charge is 0.341 e. The summed E-state index contributed by atoms with van der Waals surface area (Å²) in [5.41, 5.74) is -0.118. The molecule has 2 atom stereocenters. The number of carbonyl (C=O) groups is 2. The van der Waals surface area contributed by atoms with Gasteiger partial charge >= 0.3 is 0 Å². The Hall–Kier alpha value is -3.08. The highest BCUT2D eigenvalue weighted by molar-refractivity contribution is 6.23. The lowest BCUT2D eigenvalue weighted by Crippen LogP contribution is -2.54. The van der Waals surface area contributed by atoms with E-state index in [1.807, 2.05) is 49.4 Å². The molecule has 0 spiro atoms. The Kier molecular flexibility index (Phi) is 5.38. The van der Waals surface area contributed by atoms with Gasteiger partial charge < -0.3 is 9.47 Å². The van der Waals surface area contributed by atoms with Crippen LogP contribution in [-0.2, 0) is 9.47 Å². The van der Waals surface area contributed by atoms with Gasteiger partial charge in [0.05, 0.1) is 0 Å². The fraction of sp³-hybridized carbons (Fsp3) is 0.200. The van der Waals surface area contributed by atoms with Crippen LogP contribution in [0.25, 0.3) is 0 Å². The van der Waals surface area contributed by atoms with E-state index in [9.17, 15) is 9.59 Å². The molecule has 3 aromatic carbocycles. The van der Waals surface area contributed by atoms with E-state index < -0.39 is 18.0 Å². The van der Waals surface area contributed by atoms with Crippen LogP contribution in [0.4, 0.5) is 0 Å². The van der Waals surface area contributed by atoms with Crippen molar-refractivity contribution in [2.75, 3.05) is 0 Å². The number of carbonyl (C=O) groups excluding carboxylic acids is 2. The van der Waals surface area contributed by atoms with Crippen molar-refractivity contribution in [3.8, 4) is 0 Å². The van der Waals surface area contributed by atoms with Crippen LogP contribution in [0.15, 0.2) is 91.0 Å². The fourth-order valence-corrected chi connectivity index (χ4v) is 3.77. The van der Waals surface area contributed by atoms with Crippen molar-refractivity contribution >= 4 is 11.6 Å². The van der Waals surface area contributed by atoms with E-state index in [1.165, 1.54) is 0 Å². The number of rotatable bonds is 6. The molecule has 3 aromatic rings. The molecule has 0 N–H and O–H groups in total. The third-order valence-electron chi connectivity index (χ3n) is 5.22. The molecule has 4 nitrogen and oxygen atoms in total. The van der Waals surface area contributed by atoms with Gasteiger partial charge in [0, 0.05) is 16.7 Å². The molecule has 146 valence electrons. The van der Waals surface area contributed by atoms with Gasteiger partial charge in [-0.25, -0.2) is 0 Å². The highest BCUT2D eigenvalue weighted by Crippen LogP contribution is 2.43. The van der Waals surface area contributed by atoms with Crippen LogP contribution >= 0.6 is 0 Å². The summed E-state index contributed by atoms with van der Waals surface area (Å²) >= 11 is 0. The predicted octanol–water partition coefficient (Wildman–Crippen LogP) is 5.02. The van der Waals surface area contributed by atoms with E-state index >= 15 is 0 Å². The molecule has 0 aromatic heterocycles. The first kappa shape index (κ1) is 19.2. The topological polar surface area (TPSA) is 52.6 Å². The van der Waals surface area contributed by atoms with Crippen LogP contribution in [0, 0.1) is 0 Å². The van der Waals surface area contributed by atoms with Crippen LogP contribution < -0.4 is 0 Å². The van der Waals surface area contributed by atoms with Crippen LogP contribution in [0.3, 0.4) is 0 Å². The maximum absolute atomic E-state index is 13.7. The maximum Gasteiger partial charge on any atom is 0.222 e. The maximum atomic E-state index is 13.7. The van der Waals surface area contributed by atoms with E-state index in [2.05, 4.69) is 0 Å². The third-order valence-corrected chi connectivity index (χ3v) is 5.22. The monoisotopic (exact) mass is 386 g/mol. The van der Waals surface area contributed by atoms with E-state index in [1.54, 1.807) is 48.5 Å². The highest BCUT2D eigenvalue weighted by Gasteiger charge is 2.60. The summed E-state index contributed by atoms with van der Waals surface area (Å²) < 4.78 is 12.4. The van der Waals surface area contributed by atoms with Crippen molar-refractivity contribution in [3.05, 3.63) is 108 Å². The molecular weight excluding hydrogens is 364 g/mol. The summed E-state index contributed by atoms with van der Waals surface area (Å²) in [5, 5.41) is 0. The zero-order valence-corrected chi connectivity index (χ0v) is 16.2. The molecule has 0 amide bonds. The van der Waals surface area contributed by atoms with Crippen LogP contribution in [0.5, 0.6) is 0 Å². The van der Waals surface area contributed by atoms with E-state index in [0.29, 0.717) is 17.5 Å². The molecule has 1 fully saturated rings. The first-order chi connectivity index (χ1) is 14.2. The summed E-state index contributed by atoms with van der Waals surface area (Å²) in [5.74, 6) is -0.755. The van der Waals surface area contributed by atoms with E-state index in [-0.39, 0.29) is 11.6 Å². The van der Waals surface area contributed by atoms with Gasteiger partial charge in [0.1, 0.15) is 6.10 Å². The molecule has 0 bridgehead atoms. The molecule has 1 saturated heterocycles. The lowest BCUT2D eigenvalue weighted by Gasteiger charge is -2.29. The number of Topliss-reactive ketones (excluding diaryl/α,β-unsaturated/α-hetero) is 2. The number of hydrogen-bond donors (Lipinski definition) is 0. The van der Waals surface area contributed by atoms with Crippen LogP contribution in [0.1, 0.15) is 45.9 Å². The Morgan fingerprint density at radius 2 is 1.21 bits per heavy atom.